The van der Waals surface area contributed by atoms with Crippen molar-refractivity contribution in [1.29, 1.82) is 0 Å². The highest BCUT2D eigenvalue weighted by molar-refractivity contribution is 5.24. The second kappa shape index (κ2) is 14.3. The van der Waals surface area contributed by atoms with Crippen molar-refractivity contribution in [3.05, 3.63) is 47.0 Å². The summed E-state index contributed by atoms with van der Waals surface area (Å²) < 4.78 is 0. The molecular weight excluding hydrogens is 242 g/mol. The van der Waals surface area contributed by atoms with E-state index in [1.807, 2.05) is 27.8 Å². The molecule has 0 aliphatic rings. The van der Waals surface area contributed by atoms with Gasteiger partial charge >= 0.3 is 0 Å². The normalized spacial score (nSPS) is 10.3. The highest BCUT2D eigenvalue weighted by Gasteiger charge is 1.96. The van der Waals surface area contributed by atoms with Crippen molar-refractivity contribution in [3.8, 4) is 0 Å². The molecule has 0 spiro atoms. The van der Waals surface area contributed by atoms with Gasteiger partial charge < -0.3 is 5.32 Å². The number of aryl methyl sites for hydroxylation is 1. The van der Waals surface area contributed by atoms with Gasteiger partial charge in [-0.1, -0.05) is 70.5 Å². The largest absolute Gasteiger partial charge is 0.316 e. The molecule has 0 aliphatic heterocycles. The van der Waals surface area contributed by atoms with E-state index in [9.17, 15) is 0 Å². The predicted molar refractivity (Wildman–Crippen MR) is 94.6 cm³/mol. The van der Waals surface area contributed by atoms with Crippen LogP contribution in [0.1, 0.15) is 65.5 Å². The minimum absolute atomic E-state index is 0.654. The van der Waals surface area contributed by atoms with Gasteiger partial charge in [-0.3, -0.25) is 0 Å². The third-order valence-electron chi connectivity index (χ3n) is 3.00. The van der Waals surface area contributed by atoms with Gasteiger partial charge in [0.05, 0.1) is 0 Å². The van der Waals surface area contributed by atoms with Crippen LogP contribution in [-0.2, 0) is 6.42 Å². The van der Waals surface area contributed by atoms with Crippen LogP contribution in [0, 0.1) is 0 Å². The van der Waals surface area contributed by atoms with E-state index in [4.69, 9.17) is 0 Å². The molecule has 0 amide bonds. The summed E-state index contributed by atoms with van der Waals surface area (Å²) in [6.07, 6.45) is 3.24. The second-order valence-electron chi connectivity index (χ2n) is 4.92. The maximum Gasteiger partial charge on any atom is 0.0158 e. The van der Waals surface area contributed by atoms with Crippen LogP contribution in [-0.4, -0.2) is 13.6 Å². The molecule has 1 heteroatoms. The first-order valence-electron chi connectivity index (χ1n) is 7.90. The minimum Gasteiger partial charge on any atom is -0.316 e. The van der Waals surface area contributed by atoms with Gasteiger partial charge in [0.1, 0.15) is 0 Å². The smallest absolute Gasteiger partial charge is 0.0158 e. The van der Waals surface area contributed by atoms with Crippen molar-refractivity contribution in [3.63, 3.8) is 0 Å². The Kier molecular flexibility index (Phi) is 15.2. The minimum atomic E-state index is 0.654. The summed E-state index contributed by atoms with van der Waals surface area (Å²) in [7, 11) is 1.95. The van der Waals surface area contributed by atoms with Gasteiger partial charge in [-0.25, -0.2) is 0 Å². The summed E-state index contributed by atoms with van der Waals surface area (Å²) in [4.78, 5) is 0. The van der Waals surface area contributed by atoms with E-state index in [0.29, 0.717) is 5.92 Å². The number of likely N-dealkylation sites (N-methyl/N-ethyl adjacent to an activating group) is 1. The number of hydrogen-bond acceptors (Lipinski definition) is 1. The summed E-state index contributed by atoms with van der Waals surface area (Å²) in [6.45, 7) is 15.8. The standard InChI is InChI=1S/C11H16.C6H13N.C2H6/c1-4-10-5-7-11(8-6-10)9(2)3;1-4-6(2)5-7-3;1-2/h5-9H,4H2,1-3H3;4,7H,5H2,1-3H3;1-2H3/b;6-4-;. The lowest BCUT2D eigenvalue weighted by molar-refractivity contribution is 0.865. The van der Waals surface area contributed by atoms with E-state index in [-0.39, 0.29) is 0 Å². The molecule has 0 bridgehead atoms. The Labute approximate surface area is 127 Å². The van der Waals surface area contributed by atoms with Crippen LogP contribution in [0.25, 0.3) is 0 Å². The first kappa shape index (κ1) is 21.2. The molecule has 0 saturated heterocycles. The topological polar surface area (TPSA) is 12.0 Å². The molecule has 1 aromatic rings. The van der Waals surface area contributed by atoms with Crippen LogP contribution in [0.3, 0.4) is 0 Å². The fourth-order valence-corrected chi connectivity index (χ4v) is 1.52. The molecule has 20 heavy (non-hydrogen) atoms. The van der Waals surface area contributed by atoms with Crippen molar-refractivity contribution >= 4 is 0 Å². The van der Waals surface area contributed by atoms with Crippen LogP contribution in [0.5, 0.6) is 0 Å². The number of rotatable bonds is 4. The van der Waals surface area contributed by atoms with Crippen molar-refractivity contribution in [2.24, 2.45) is 0 Å². The van der Waals surface area contributed by atoms with Gasteiger partial charge in [-0.05, 0) is 44.4 Å². The van der Waals surface area contributed by atoms with Crippen LogP contribution in [0.15, 0.2) is 35.9 Å². The highest BCUT2D eigenvalue weighted by atomic mass is 14.8. The summed E-state index contributed by atoms with van der Waals surface area (Å²) in [5.74, 6) is 0.654. The molecule has 0 aliphatic carbocycles. The van der Waals surface area contributed by atoms with Crippen LogP contribution < -0.4 is 5.32 Å². The number of allylic oxidation sites excluding steroid dienone is 1. The molecule has 0 aromatic heterocycles. The lowest BCUT2D eigenvalue weighted by Crippen LogP contribution is -2.07. The average molecular weight is 277 g/mol. The van der Waals surface area contributed by atoms with E-state index in [1.54, 1.807) is 0 Å². The zero-order chi connectivity index (χ0) is 16.0. The van der Waals surface area contributed by atoms with Gasteiger partial charge in [0, 0.05) is 6.54 Å². The van der Waals surface area contributed by atoms with Crippen molar-refractivity contribution < 1.29 is 0 Å². The molecule has 0 heterocycles. The van der Waals surface area contributed by atoms with Gasteiger partial charge in [0.25, 0.3) is 0 Å². The Bertz CT molecular complexity index is 333. The number of benzene rings is 1. The third-order valence-corrected chi connectivity index (χ3v) is 3.00. The first-order chi connectivity index (χ1) is 9.54. The Morgan fingerprint density at radius 3 is 1.90 bits per heavy atom. The van der Waals surface area contributed by atoms with Crippen molar-refractivity contribution in [2.75, 3.05) is 13.6 Å². The Balaban J connectivity index is 0. The van der Waals surface area contributed by atoms with E-state index in [0.717, 1.165) is 13.0 Å². The molecule has 0 saturated carbocycles. The highest BCUT2D eigenvalue weighted by Crippen LogP contribution is 2.14. The van der Waals surface area contributed by atoms with Crippen molar-refractivity contribution in [1.82, 2.24) is 5.32 Å². The van der Waals surface area contributed by atoms with Crippen LogP contribution >= 0.6 is 0 Å². The first-order valence-corrected chi connectivity index (χ1v) is 7.90. The summed E-state index contributed by atoms with van der Waals surface area (Å²) in [6, 6.07) is 8.89. The summed E-state index contributed by atoms with van der Waals surface area (Å²) in [5, 5.41) is 3.05. The lowest BCUT2D eigenvalue weighted by Gasteiger charge is -2.04. The van der Waals surface area contributed by atoms with Gasteiger partial charge in [0.2, 0.25) is 0 Å². The SMILES string of the molecule is C/C=C(/C)CNC.CC.CCc1ccc(C(C)C)cc1. The van der Waals surface area contributed by atoms with Crippen LogP contribution in [0.2, 0.25) is 0 Å². The molecule has 0 unspecified atom stereocenters. The molecule has 1 rings (SSSR count). The van der Waals surface area contributed by atoms with E-state index in [2.05, 4.69) is 63.4 Å². The zero-order valence-electron chi connectivity index (χ0n) is 14.9. The molecule has 0 atom stereocenters. The van der Waals surface area contributed by atoms with Crippen LogP contribution in [0.4, 0.5) is 0 Å². The molecule has 0 radical (unpaired) electrons. The molecule has 1 aromatic carbocycles. The Hall–Kier alpha value is -1.08. The molecule has 1 nitrogen and oxygen atoms in total. The van der Waals surface area contributed by atoms with Gasteiger partial charge in [-0.2, -0.15) is 0 Å². The van der Waals surface area contributed by atoms with Crippen molar-refractivity contribution in [2.45, 2.75) is 60.8 Å². The van der Waals surface area contributed by atoms with E-state index < -0.39 is 0 Å². The van der Waals surface area contributed by atoms with E-state index in [1.165, 1.54) is 16.7 Å². The summed E-state index contributed by atoms with van der Waals surface area (Å²) >= 11 is 0. The van der Waals surface area contributed by atoms with Gasteiger partial charge in [-0.15, -0.1) is 0 Å². The average Bonchev–Trinajstić information content (AvgIpc) is 2.50. The summed E-state index contributed by atoms with van der Waals surface area (Å²) in [5.41, 5.74) is 4.25. The Morgan fingerprint density at radius 1 is 1.15 bits per heavy atom. The fourth-order valence-electron chi connectivity index (χ4n) is 1.52. The monoisotopic (exact) mass is 277 g/mol. The third kappa shape index (κ3) is 10.8. The quantitative estimate of drug-likeness (QED) is 0.709. The molecule has 1 N–H and O–H groups in total. The maximum atomic E-state index is 3.05. The van der Waals surface area contributed by atoms with E-state index >= 15 is 0 Å². The molecular formula is C19H35N. The molecule has 116 valence electrons. The molecule has 0 fully saturated rings. The Morgan fingerprint density at radius 2 is 1.65 bits per heavy atom. The number of hydrogen-bond donors (Lipinski definition) is 1. The second-order valence-corrected chi connectivity index (χ2v) is 4.92. The lowest BCUT2D eigenvalue weighted by atomic mass is 10.0. The number of nitrogens with one attached hydrogen (secondary N) is 1. The zero-order valence-corrected chi connectivity index (χ0v) is 14.9. The van der Waals surface area contributed by atoms with Gasteiger partial charge in [0.15, 0.2) is 0 Å². The fraction of sp³-hybridized carbons (Fsp3) is 0.579. The maximum absolute atomic E-state index is 3.05. The predicted octanol–water partition coefficient (Wildman–Crippen LogP) is 5.57.